The lowest BCUT2D eigenvalue weighted by molar-refractivity contribution is -0.138. The van der Waals surface area contributed by atoms with E-state index in [1.54, 1.807) is 11.3 Å². The number of nitrogens with one attached hydrogen (secondary N) is 1. The molecule has 1 N–H and O–H groups in total. The van der Waals surface area contributed by atoms with Gasteiger partial charge in [-0.15, -0.1) is 16.4 Å². The van der Waals surface area contributed by atoms with Crippen LogP contribution in [0.2, 0.25) is 0 Å². The summed E-state index contributed by atoms with van der Waals surface area (Å²) < 4.78 is 44.8. The summed E-state index contributed by atoms with van der Waals surface area (Å²) in [5.41, 5.74) is 0. The zero-order valence-electron chi connectivity index (χ0n) is 11.5. The second-order valence-electron chi connectivity index (χ2n) is 5.02. The molecular weight excluding hydrogens is 335 g/mol. The van der Waals surface area contributed by atoms with Crippen LogP contribution in [0, 0.1) is 5.92 Å². The van der Waals surface area contributed by atoms with Gasteiger partial charge in [0.25, 0.3) is 0 Å². The molecule has 1 aliphatic heterocycles. The van der Waals surface area contributed by atoms with E-state index in [0.29, 0.717) is 37.0 Å². The fraction of sp³-hybridized carbons (Fsp3) is 0.538. The molecule has 0 spiro atoms. The van der Waals surface area contributed by atoms with Gasteiger partial charge >= 0.3 is 6.18 Å². The van der Waals surface area contributed by atoms with Crippen LogP contribution >= 0.6 is 23.1 Å². The molecule has 3 heterocycles. The van der Waals surface area contributed by atoms with Gasteiger partial charge in [-0.3, -0.25) is 5.10 Å². The first-order valence-corrected chi connectivity index (χ1v) is 8.53. The number of nitrogens with zero attached hydrogens (tertiary/aromatic N) is 2. The van der Waals surface area contributed by atoms with Gasteiger partial charge in [0.2, 0.25) is 5.16 Å². The molecule has 1 saturated heterocycles. The number of aromatic amines is 1. The number of halogens is 3. The van der Waals surface area contributed by atoms with Crippen LogP contribution in [-0.2, 0) is 11.2 Å². The molecule has 3 rings (SSSR count). The van der Waals surface area contributed by atoms with Crippen molar-refractivity contribution in [1.29, 1.82) is 0 Å². The molecule has 1 fully saturated rings. The third-order valence-corrected chi connectivity index (χ3v) is 5.56. The summed E-state index contributed by atoms with van der Waals surface area (Å²) in [4.78, 5) is 5.26. The van der Waals surface area contributed by atoms with Crippen LogP contribution in [0.1, 0.15) is 17.1 Å². The average Bonchev–Trinajstić information content (AvgIpc) is 3.18. The van der Waals surface area contributed by atoms with E-state index in [-0.39, 0.29) is 11.8 Å². The Balaban J connectivity index is 1.69. The van der Waals surface area contributed by atoms with Crippen molar-refractivity contribution in [3.05, 3.63) is 28.2 Å². The highest BCUT2D eigenvalue weighted by atomic mass is 32.2. The summed E-state index contributed by atoms with van der Waals surface area (Å²) in [5, 5.41) is 7.19. The van der Waals surface area contributed by atoms with E-state index in [1.165, 1.54) is 0 Å². The van der Waals surface area contributed by atoms with Crippen LogP contribution in [0.3, 0.4) is 0 Å². The quantitative estimate of drug-likeness (QED) is 0.839. The molecule has 1 aliphatic rings. The van der Waals surface area contributed by atoms with E-state index in [1.807, 2.05) is 17.5 Å². The summed E-state index contributed by atoms with van der Waals surface area (Å²) in [5.74, 6) is 0.0396. The number of thiophene rings is 1. The monoisotopic (exact) mass is 349 g/mol. The Labute approximate surface area is 133 Å². The van der Waals surface area contributed by atoms with Crippen LogP contribution in [-0.4, -0.2) is 39.8 Å². The Hall–Kier alpha value is -1.06. The number of hydrogen-bond donors (Lipinski definition) is 1. The van der Waals surface area contributed by atoms with Gasteiger partial charge in [0, 0.05) is 23.8 Å². The molecule has 4 nitrogen and oxygen atoms in total. The molecule has 0 bridgehead atoms. The van der Waals surface area contributed by atoms with E-state index in [4.69, 9.17) is 4.74 Å². The van der Waals surface area contributed by atoms with E-state index in [2.05, 4.69) is 15.2 Å². The minimum atomic E-state index is -4.29. The summed E-state index contributed by atoms with van der Waals surface area (Å²) in [6.07, 6.45) is -3.32. The van der Waals surface area contributed by atoms with Gasteiger partial charge in [-0.25, -0.2) is 4.98 Å². The summed E-state index contributed by atoms with van der Waals surface area (Å²) >= 11 is 2.25. The maximum absolute atomic E-state index is 13.2. The molecule has 2 atom stereocenters. The van der Waals surface area contributed by atoms with Crippen molar-refractivity contribution in [2.24, 2.45) is 5.92 Å². The molecule has 0 radical (unpaired) electrons. The van der Waals surface area contributed by atoms with E-state index < -0.39 is 17.3 Å². The number of H-pyrrole nitrogens is 1. The van der Waals surface area contributed by atoms with E-state index in [0.717, 1.165) is 4.88 Å². The minimum Gasteiger partial charge on any atom is -0.381 e. The Bertz CT molecular complexity index is 594. The molecule has 9 heteroatoms. The Morgan fingerprint density at radius 1 is 1.50 bits per heavy atom. The van der Waals surface area contributed by atoms with Crippen LogP contribution in [0.4, 0.5) is 13.2 Å². The van der Waals surface area contributed by atoms with Crippen LogP contribution in [0.15, 0.2) is 22.7 Å². The zero-order chi connectivity index (χ0) is 15.6. The molecule has 0 aromatic carbocycles. The van der Waals surface area contributed by atoms with Gasteiger partial charge in [-0.1, -0.05) is 17.8 Å². The highest BCUT2D eigenvalue weighted by molar-refractivity contribution is 7.99. The Morgan fingerprint density at radius 3 is 3.00 bits per heavy atom. The third kappa shape index (κ3) is 3.82. The molecule has 0 amide bonds. The number of aromatic nitrogens is 3. The normalized spacial score (nSPS) is 20.4. The topological polar surface area (TPSA) is 50.8 Å². The molecule has 120 valence electrons. The Kier molecular flexibility index (Phi) is 4.74. The summed E-state index contributed by atoms with van der Waals surface area (Å²) in [7, 11) is 0. The third-order valence-electron chi connectivity index (χ3n) is 3.38. The minimum absolute atomic E-state index is 0.140. The molecule has 0 aliphatic carbocycles. The lowest BCUT2D eigenvalue weighted by Gasteiger charge is -2.22. The Morgan fingerprint density at radius 2 is 2.36 bits per heavy atom. The van der Waals surface area contributed by atoms with Crippen molar-refractivity contribution in [2.45, 2.75) is 29.4 Å². The maximum Gasteiger partial charge on any atom is 0.401 e. The zero-order valence-corrected chi connectivity index (χ0v) is 13.1. The molecule has 2 aromatic rings. The molecule has 0 saturated carbocycles. The van der Waals surface area contributed by atoms with Crippen LogP contribution < -0.4 is 0 Å². The van der Waals surface area contributed by atoms with Gasteiger partial charge in [0.15, 0.2) is 0 Å². The lowest BCUT2D eigenvalue weighted by atomic mass is 10.0. The fourth-order valence-electron chi connectivity index (χ4n) is 2.32. The second kappa shape index (κ2) is 6.59. The predicted molar refractivity (Wildman–Crippen MR) is 78.1 cm³/mol. The number of ether oxygens (including phenoxy) is 1. The van der Waals surface area contributed by atoms with Gasteiger partial charge in [0.1, 0.15) is 11.1 Å². The SMILES string of the molecule is FC(F)(F)C(Sc1n[nH]c(Cc2cccs2)n1)C1CCOC1. The largest absolute Gasteiger partial charge is 0.401 e. The van der Waals surface area contributed by atoms with Crippen molar-refractivity contribution in [1.82, 2.24) is 15.2 Å². The second-order valence-corrected chi connectivity index (χ2v) is 7.17. The summed E-state index contributed by atoms with van der Waals surface area (Å²) in [6.45, 7) is 0.527. The van der Waals surface area contributed by atoms with Crippen LogP contribution in [0.5, 0.6) is 0 Å². The van der Waals surface area contributed by atoms with Crippen molar-refractivity contribution in [2.75, 3.05) is 13.2 Å². The first-order chi connectivity index (χ1) is 10.5. The number of hydrogen-bond acceptors (Lipinski definition) is 5. The highest BCUT2D eigenvalue weighted by Gasteiger charge is 2.47. The number of rotatable bonds is 5. The molecule has 2 aromatic heterocycles. The van der Waals surface area contributed by atoms with E-state index >= 15 is 0 Å². The van der Waals surface area contributed by atoms with Gasteiger partial charge in [-0.05, 0) is 17.9 Å². The van der Waals surface area contributed by atoms with Crippen molar-refractivity contribution >= 4 is 23.1 Å². The smallest absolute Gasteiger partial charge is 0.381 e. The highest BCUT2D eigenvalue weighted by Crippen LogP contribution is 2.41. The first kappa shape index (κ1) is 15.8. The lowest BCUT2D eigenvalue weighted by Crippen LogP contribution is -2.33. The fourth-order valence-corrected chi connectivity index (χ4v) is 4.06. The van der Waals surface area contributed by atoms with E-state index in [9.17, 15) is 13.2 Å². The summed E-state index contributed by atoms with van der Waals surface area (Å²) in [6, 6.07) is 3.88. The first-order valence-electron chi connectivity index (χ1n) is 6.77. The average molecular weight is 349 g/mol. The standard InChI is InChI=1S/C13H14F3N3OS2/c14-13(15,16)11(8-3-4-20-7-8)22-12-17-10(18-19-12)6-9-2-1-5-21-9/h1-2,5,8,11H,3-4,6-7H2,(H,17,18,19). The van der Waals surface area contributed by atoms with Gasteiger partial charge < -0.3 is 4.74 Å². The predicted octanol–water partition coefficient (Wildman–Crippen LogP) is 3.52. The molecule has 2 unspecified atom stereocenters. The molecule has 22 heavy (non-hydrogen) atoms. The molecular formula is C13H14F3N3OS2. The van der Waals surface area contributed by atoms with Crippen molar-refractivity contribution in [3.63, 3.8) is 0 Å². The number of alkyl halides is 3. The van der Waals surface area contributed by atoms with Crippen molar-refractivity contribution < 1.29 is 17.9 Å². The van der Waals surface area contributed by atoms with Gasteiger partial charge in [-0.2, -0.15) is 13.2 Å². The van der Waals surface area contributed by atoms with Crippen molar-refractivity contribution in [3.8, 4) is 0 Å². The van der Waals surface area contributed by atoms with Crippen LogP contribution in [0.25, 0.3) is 0 Å². The van der Waals surface area contributed by atoms with Gasteiger partial charge in [0.05, 0.1) is 6.61 Å². The number of thioether (sulfide) groups is 1. The maximum atomic E-state index is 13.2.